The Balaban J connectivity index is 2.14. The van der Waals surface area contributed by atoms with E-state index in [1.165, 1.54) is 21.0 Å². The third kappa shape index (κ3) is 4.00. The maximum absolute atomic E-state index is 12.3. The lowest BCUT2D eigenvalue weighted by Crippen LogP contribution is -2.25. The molecule has 1 unspecified atom stereocenters. The van der Waals surface area contributed by atoms with Crippen LogP contribution in [0.2, 0.25) is 0 Å². The van der Waals surface area contributed by atoms with E-state index < -0.39 is 17.9 Å². The van der Waals surface area contributed by atoms with Crippen LogP contribution in [0, 0.1) is 5.92 Å². The number of hydrogen-bond donors (Lipinski definition) is 0. The molecule has 0 fully saturated rings. The molecule has 1 aliphatic carbocycles. The van der Waals surface area contributed by atoms with Crippen molar-refractivity contribution in [3.8, 4) is 23.0 Å². The van der Waals surface area contributed by atoms with Crippen LogP contribution in [-0.2, 0) is 32.0 Å². The molecular formula is C26H26O8. The van der Waals surface area contributed by atoms with Gasteiger partial charge in [0.2, 0.25) is 0 Å². The van der Waals surface area contributed by atoms with Crippen molar-refractivity contribution in [3.63, 3.8) is 0 Å². The quantitative estimate of drug-likeness (QED) is 0.314. The summed E-state index contributed by atoms with van der Waals surface area (Å²) in [5.74, 6) is 0.244. The molecule has 0 saturated carbocycles. The monoisotopic (exact) mass is 466 g/mol. The lowest BCUT2D eigenvalue weighted by atomic mass is 9.81. The van der Waals surface area contributed by atoms with E-state index in [2.05, 4.69) is 0 Å². The molecule has 0 aliphatic heterocycles. The summed E-state index contributed by atoms with van der Waals surface area (Å²) in [5, 5.41) is 2.65. The van der Waals surface area contributed by atoms with Crippen LogP contribution >= 0.6 is 0 Å². The van der Waals surface area contributed by atoms with Crippen molar-refractivity contribution < 1.29 is 38.1 Å². The Kier molecular flexibility index (Phi) is 6.32. The molecule has 4 rings (SSSR count). The SMILES string of the molecule is COC(=O)C1CCc2c(c(OC(C)=O)c3cc4c(OC)ccc(OC)c4cc3c2OC(C)=O)C1. The van der Waals surface area contributed by atoms with Gasteiger partial charge >= 0.3 is 17.9 Å². The van der Waals surface area contributed by atoms with Crippen LogP contribution in [0.15, 0.2) is 24.3 Å². The number of fused-ring (bicyclic) bond motifs is 3. The first-order valence-corrected chi connectivity index (χ1v) is 10.9. The molecule has 0 spiro atoms. The summed E-state index contributed by atoms with van der Waals surface area (Å²) in [6, 6.07) is 7.27. The highest BCUT2D eigenvalue weighted by Crippen LogP contribution is 2.48. The van der Waals surface area contributed by atoms with Crippen LogP contribution in [0.25, 0.3) is 21.5 Å². The molecule has 0 amide bonds. The second-order valence-corrected chi connectivity index (χ2v) is 8.18. The van der Waals surface area contributed by atoms with Gasteiger partial charge in [0.25, 0.3) is 0 Å². The zero-order valence-electron chi connectivity index (χ0n) is 19.8. The van der Waals surface area contributed by atoms with Gasteiger partial charge < -0.3 is 23.7 Å². The average Bonchev–Trinajstić information content (AvgIpc) is 2.83. The smallest absolute Gasteiger partial charge is 0.309 e. The topological polar surface area (TPSA) is 97.4 Å². The second kappa shape index (κ2) is 9.21. The fraction of sp³-hybridized carbons (Fsp3) is 0.346. The van der Waals surface area contributed by atoms with Crippen molar-refractivity contribution >= 4 is 39.5 Å². The number of methoxy groups -OCH3 is 3. The highest BCUT2D eigenvalue weighted by atomic mass is 16.5. The molecule has 0 heterocycles. The fourth-order valence-electron chi connectivity index (χ4n) is 4.71. The minimum Gasteiger partial charge on any atom is -0.496 e. The molecule has 0 saturated heterocycles. The molecule has 8 heteroatoms. The van der Waals surface area contributed by atoms with E-state index in [0.717, 1.165) is 16.3 Å². The van der Waals surface area contributed by atoms with E-state index in [1.54, 1.807) is 26.4 Å². The highest BCUT2D eigenvalue weighted by molar-refractivity contribution is 6.09. The Labute approximate surface area is 196 Å². The van der Waals surface area contributed by atoms with Crippen molar-refractivity contribution in [2.75, 3.05) is 21.3 Å². The number of carbonyl (C=O) groups excluding carboxylic acids is 3. The number of carbonyl (C=O) groups is 3. The molecular weight excluding hydrogens is 440 g/mol. The number of rotatable bonds is 5. The van der Waals surface area contributed by atoms with Gasteiger partial charge in [-0.3, -0.25) is 14.4 Å². The standard InChI is InChI=1S/C26H26O8/c1-13(27)33-24-16-7-6-15(26(29)32-5)10-19(16)25(34-14(2)28)21-12-18-17(11-20(21)24)22(30-3)8-9-23(18)31-4/h8-9,11-12,15H,6-7,10H2,1-5H3. The van der Waals surface area contributed by atoms with Gasteiger partial charge in [-0.05, 0) is 43.5 Å². The zero-order valence-corrected chi connectivity index (χ0v) is 19.8. The summed E-state index contributed by atoms with van der Waals surface area (Å²) >= 11 is 0. The Hall–Kier alpha value is -3.81. The molecule has 3 aromatic carbocycles. The average molecular weight is 466 g/mol. The van der Waals surface area contributed by atoms with Crippen LogP contribution in [0.4, 0.5) is 0 Å². The summed E-state index contributed by atoms with van der Waals surface area (Å²) in [6.07, 6.45) is 1.26. The third-order valence-electron chi connectivity index (χ3n) is 6.14. The number of hydrogen-bond acceptors (Lipinski definition) is 8. The third-order valence-corrected chi connectivity index (χ3v) is 6.14. The van der Waals surface area contributed by atoms with Crippen LogP contribution in [0.3, 0.4) is 0 Å². The first-order valence-electron chi connectivity index (χ1n) is 10.9. The highest BCUT2D eigenvalue weighted by Gasteiger charge is 2.33. The Morgan fingerprint density at radius 3 is 1.71 bits per heavy atom. The van der Waals surface area contributed by atoms with Gasteiger partial charge in [0.1, 0.15) is 23.0 Å². The molecule has 0 aromatic heterocycles. The number of esters is 3. The molecule has 178 valence electrons. The molecule has 3 aromatic rings. The van der Waals surface area contributed by atoms with Gasteiger partial charge in [-0.25, -0.2) is 0 Å². The van der Waals surface area contributed by atoms with E-state index in [1.807, 2.05) is 12.1 Å². The summed E-state index contributed by atoms with van der Waals surface area (Å²) in [4.78, 5) is 36.5. The van der Waals surface area contributed by atoms with E-state index in [-0.39, 0.29) is 5.97 Å². The van der Waals surface area contributed by atoms with Crippen molar-refractivity contribution in [1.82, 2.24) is 0 Å². The first kappa shape index (κ1) is 23.4. The molecule has 1 aliphatic rings. The molecule has 0 radical (unpaired) electrons. The van der Waals surface area contributed by atoms with E-state index in [4.69, 9.17) is 23.7 Å². The maximum Gasteiger partial charge on any atom is 0.309 e. The molecule has 1 atom stereocenters. The minimum atomic E-state index is -0.498. The summed E-state index contributed by atoms with van der Waals surface area (Å²) in [5.41, 5.74) is 1.39. The van der Waals surface area contributed by atoms with Crippen LogP contribution in [0.1, 0.15) is 31.4 Å². The zero-order chi connectivity index (χ0) is 24.6. The van der Waals surface area contributed by atoms with E-state index >= 15 is 0 Å². The van der Waals surface area contributed by atoms with Gasteiger partial charge in [-0.2, -0.15) is 0 Å². The van der Waals surface area contributed by atoms with Crippen molar-refractivity contribution in [3.05, 3.63) is 35.4 Å². The first-order chi connectivity index (χ1) is 16.3. The lowest BCUT2D eigenvalue weighted by Gasteiger charge is -2.28. The largest absolute Gasteiger partial charge is 0.496 e. The van der Waals surface area contributed by atoms with Crippen molar-refractivity contribution in [1.29, 1.82) is 0 Å². The van der Waals surface area contributed by atoms with Crippen LogP contribution in [-0.4, -0.2) is 39.2 Å². The molecule has 34 heavy (non-hydrogen) atoms. The summed E-state index contributed by atoms with van der Waals surface area (Å²) in [6.45, 7) is 2.66. The lowest BCUT2D eigenvalue weighted by molar-refractivity contribution is -0.145. The summed E-state index contributed by atoms with van der Waals surface area (Å²) in [7, 11) is 4.49. The molecule has 8 nitrogen and oxygen atoms in total. The predicted octanol–water partition coefficient (Wildman–Crippen LogP) is 4.14. The van der Waals surface area contributed by atoms with Gasteiger partial charge in [0.15, 0.2) is 0 Å². The predicted molar refractivity (Wildman–Crippen MR) is 125 cm³/mol. The van der Waals surface area contributed by atoms with Gasteiger partial charge in [0, 0.05) is 46.5 Å². The Morgan fingerprint density at radius 2 is 1.26 bits per heavy atom. The van der Waals surface area contributed by atoms with Gasteiger partial charge in [-0.1, -0.05) is 0 Å². The van der Waals surface area contributed by atoms with Crippen molar-refractivity contribution in [2.45, 2.75) is 33.1 Å². The maximum atomic E-state index is 12.3. The van der Waals surface area contributed by atoms with Crippen molar-refractivity contribution in [2.24, 2.45) is 5.92 Å². The number of ether oxygens (including phenoxy) is 5. The normalized spacial score (nSPS) is 14.9. The summed E-state index contributed by atoms with van der Waals surface area (Å²) < 4.78 is 27.5. The van der Waals surface area contributed by atoms with Gasteiger partial charge in [-0.15, -0.1) is 0 Å². The van der Waals surface area contributed by atoms with Crippen LogP contribution < -0.4 is 18.9 Å². The minimum absolute atomic E-state index is 0.294. The number of benzene rings is 3. The van der Waals surface area contributed by atoms with Crippen LogP contribution in [0.5, 0.6) is 23.0 Å². The van der Waals surface area contributed by atoms with E-state index in [9.17, 15) is 14.4 Å². The Bertz CT molecular complexity index is 1320. The fourth-order valence-corrected chi connectivity index (χ4v) is 4.71. The van der Waals surface area contributed by atoms with E-state index in [0.29, 0.717) is 58.6 Å². The second-order valence-electron chi connectivity index (χ2n) is 8.18. The molecule has 0 bridgehead atoms. The molecule has 0 N–H and O–H groups in total. The Morgan fingerprint density at radius 1 is 0.765 bits per heavy atom. The van der Waals surface area contributed by atoms with Gasteiger partial charge in [0.05, 0.1) is 27.2 Å².